The van der Waals surface area contributed by atoms with Crippen molar-refractivity contribution in [3.63, 3.8) is 0 Å². The Morgan fingerprint density at radius 3 is 2.14 bits per heavy atom. The van der Waals surface area contributed by atoms with Crippen molar-refractivity contribution in [2.24, 2.45) is 5.92 Å². The number of amides is 1. The van der Waals surface area contributed by atoms with Crippen LogP contribution in [0.15, 0.2) is 66.7 Å². The van der Waals surface area contributed by atoms with Gasteiger partial charge in [-0.25, -0.2) is 0 Å². The minimum absolute atomic E-state index is 0.129. The molecule has 0 saturated carbocycles. The monoisotopic (exact) mass is 485 g/mol. The van der Waals surface area contributed by atoms with Crippen molar-refractivity contribution in [3.8, 4) is 16.9 Å². The third-order valence-electron chi connectivity index (χ3n) is 6.85. The lowest BCUT2D eigenvalue weighted by Gasteiger charge is -2.36. The molecular weight excluding hydrogens is 446 g/mol. The Hall–Kier alpha value is -3.31. The van der Waals surface area contributed by atoms with Crippen molar-refractivity contribution < 1.29 is 9.53 Å². The Kier molecular flexibility index (Phi) is 8.32. The maximum Gasteiger partial charge on any atom is 0.256 e. The third kappa shape index (κ3) is 6.27. The van der Waals surface area contributed by atoms with Gasteiger partial charge >= 0.3 is 0 Å². The van der Waals surface area contributed by atoms with Gasteiger partial charge in [0.25, 0.3) is 5.91 Å². The molecular formula is C31H39N3O2. The van der Waals surface area contributed by atoms with E-state index in [0.717, 1.165) is 55.3 Å². The molecule has 4 rings (SSSR count). The van der Waals surface area contributed by atoms with Crippen LogP contribution in [0.2, 0.25) is 0 Å². The lowest BCUT2D eigenvalue weighted by atomic mass is 9.95. The molecule has 5 nitrogen and oxygen atoms in total. The number of hydrogen-bond acceptors (Lipinski definition) is 4. The molecule has 0 aromatic heterocycles. The number of anilines is 2. The molecule has 0 radical (unpaired) electrons. The Morgan fingerprint density at radius 2 is 1.56 bits per heavy atom. The molecule has 1 heterocycles. The fourth-order valence-electron chi connectivity index (χ4n) is 4.79. The lowest BCUT2D eigenvalue weighted by Crippen LogP contribution is -2.47. The number of piperazine rings is 1. The summed E-state index contributed by atoms with van der Waals surface area (Å²) in [7, 11) is 1.65. The van der Waals surface area contributed by atoms with E-state index < -0.39 is 0 Å². The number of rotatable bonds is 8. The average Bonchev–Trinajstić information content (AvgIpc) is 2.89. The van der Waals surface area contributed by atoms with Gasteiger partial charge in [0.15, 0.2) is 0 Å². The van der Waals surface area contributed by atoms with Gasteiger partial charge < -0.3 is 15.0 Å². The summed E-state index contributed by atoms with van der Waals surface area (Å²) in [4.78, 5) is 18.3. The Morgan fingerprint density at radius 1 is 0.889 bits per heavy atom. The fraction of sp³-hybridized carbons (Fsp3) is 0.387. The smallest absolute Gasteiger partial charge is 0.256 e. The summed E-state index contributed by atoms with van der Waals surface area (Å²) in [5.41, 5.74) is 5.74. The van der Waals surface area contributed by atoms with E-state index in [-0.39, 0.29) is 5.91 Å². The summed E-state index contributed by atoms with van der Waals surface area (Å²) in [6.07, 6.45) is 0. The zero-order chi connectivity index (χ0) is 25.7. The summed E-state index contributed by atoms with van der Waals surface area (Å²) >= 11 is 0. The summed E-state index contributed by atoms with van der Waals surface area (Å²) < 4.78 is 5.45. The first-order valence-corrected chi connectivity index (χ1v) is 13.0. The molecule has 1 aliphatic rings. The van der Waals surface area contributed by atoms with Crippen LogP contribution in [0, 0.1) is 5.92 Å². The minimum atomic E-state index is -0.129. The molecule has 36 heavy (non-hydrogen) atoms. The Balaban J connectivity index is 1.47. The number of benzene rings is 3. The topological polar surface area (TPSA) is 44.8 Å². The number of nitrogens with one attached hydrogen (secondary N) is 1. The maximum atomic E-state index is 13.3. The van der Waals surface area contributed by atoms with Gasteiger partial charge in [0, 0.05) is 49.7 Å². The molecule has 1 amide bonds. The third-order valence-corrected chi connectivity index (χ3v) is 6.85. The van der Waals surface area contributed by atoms with E-state index in [1.165, 1.54) is 11.3 Å². The van der Waals surface area contributed by atoms with Crippen LogP contribution in [0.25, 0.3) is 11.1 Å². The summed E-state index contributed by atoms with van der Waals surface area (Å²) in [6.45, 7) is 14.3. The van der Waals surface area contributed by atoms with Crippen molar-refractivity contribution in [1.29, 1.82) is 0 Å². The molecule has 0 atom stereocenters. The molecule has 3 aromatic carbocycles. The number of nitrogens with zero attached hydrogens (tertiary/aromatic N) is 2. The van der Waals surface area contributed by atoms with E-state index in [1.807, 2.05) is 30.3 Å². The molecule has 1 N–H and O–H groups in total. The van der Waals surface area contributed by atoms with Gasteiger partial charge in [0.2, 0.25) is 0 Å². The highest BCUT2D eigenvalue weighted by atomic mass is 16.5. The van der Waals surface area contributed by atoms with Gasteiger partial charge in [-0.05, 0) is 71.0 Å². The number of carbonyl (C=O) groups is 1. The molecule has 0 bridgehead atoms. The van der Waals surface area contributed by atoms with Gasteiger partial charge in [-0.15, -0.1) is 0 Å². The highest BCUT2D eigenvalue weighted by molar-refractivity contribution is 6.09. The molecule has 190 valence electrons. The zero-order valence-corrected chi connectivity index (χ0v) is 22.3. The van der Waals surface area contributed by atoms with Crippen molar-refractivity contribution in [3.05, 3.63) is 77.9 Å². The highest BCUT2D eigenvalue weighted by Gasteiger charge is 2.18. The van der Waals surface area contributed by atoms with Crippen LogP contribution in [0.3, 0.4) is 0 Å². The Labute approximate surface area is 216 Å². The quantitative estimate of drug-likeness (QED) is 0.395. The van der Waals surface area contributed by atoms with Crippen LogP contribution in [-0.2, 0) is 0 Å². The molecule has 1 fully saturated rings. The summed E-state index contributed by atoms with van der Waals surface area (Å²) in [5, 5.41) is 3.09. The molecule has 0 aliphatic carbocycles. The van der Waals surface area contributed by atoms with Gasteiger partial charge in [-0.3, -0.25) is 9.69 Å². The van der Waals surface area contributed by atoms with Crippen molar-refractivity contribution in [2.75, 3.05) is 50.1 Å². The number of carbonyl (C=O) groups excluding carboxylic acids is 1. The molecule has 5 heteroatoms. The summed E-state index contributed by atoms with van der Waals surface area (Å²) in [5.74, 6) is 1.76. The van der Waals surface area contributed by atoms with Crippen LogP contribution in [0.4, 0.5) is 11.4 Å². The van der Waals surface area contributed by atoms with Gasteiger partial charge in [0.1, 0.15) is 5.75 Å². The van der Waals surface area contributed by atoms with E-state index in [0.29, 0.717) is 17.4 Å². The van der Waals surface area contributed by atoms with E-state index >= 15 is 0 Å². The molecule has 1 aliphatic heterocycles. The average molecular weight is 486 g/mol. The van der Waals surface area contributed by atoms with Gasteiger partial charge in [0.05, 0.1) is 7.11 Å². The number of hydrogen-bond donors (Lipinski definition) is 1. The van der Waals surface area contributed by atoms with E-state index in [4.69, 9.17) is 4.74 Å². The SMILES string of the molecule is COc1ccc(C(=O)Nc2ccc(N3CCN(CC(C)C)CC3)cc2)c(-c2ccc(C(C)C)cc2)c1. The first-order valence-electron chi connectivity index (χ1n) is 13.0. The molecule has 3 aromatic rings. The van der Waals surface area contributed by atoms with E-state index in [1.54, 1.807) is 7.11 Å². The number of methoxy groups -OCH3 is 1. The van der Waals surface area contributed by atoms with Crippen molar-refractivity contribution >= 4 is 17.3 Å². The minimum Gasteiger partial charge on any atom is -0.497 e. The first kappa shape index (κ1) is 25.8. The second-order valence-corrected chi connectivity index (χ2v) is 10.4. The van der Waals surface area contributed by atoms with E-state index in [2.05, 4.69) is 79.2 Å². The number of ether oxygens (including phenoxy) is 1. The molecule has 0 unspecified atom stereocenters. The van der Waals surface area contributed by atoms with Crippen molar-refractivity contribution in [2.45, 2.75) is 33.6 Å². The predicted octanol–water partition coefficient (Wildman–Crippen LogP) is 6.52. The van der Waals surface area contributed by atoms with Crippen LogP contribution in [0.5, 0.6) is 5.75 Å². The van der Waals surface area contributed by atoms with Crippen LogP contribution in [-0.4, -0.2) is 50.6 Å². The maximum absolute atomic E-state index is 13.3. The van der Waals surface area contributed by atoms with Gasteiger partial charge in [-0.2, -0.15) is 0 Å². The zero-order valence-electron chi connectivity index (χ0n) is 22.3. The summed E-state index contributed by atoms with van der Waals surface area (Å²) in [6, 6.07) is 22.2. The van der Waals surface area contributed by atoms with Gasteiger partial charge in [-0.1, -0.05) is 52.0 Å². The second-order valence-electron chi connectivity index (χ2n) is 10.4. The van der Waals surface area contributed by atoms with Crippen molar-refractivity contribution in [1.82, 2.24) is 4.90 Å². The fourth-order valence-corrected chi connectivity index (χ4v) is 4.79. The van der Waals surface area contributed by atoms with Crippen LogP contribution >= 0.6 is 0 Å². The largest absolute Gasteiger partial charge is 0.497 e. The molecule has 0 spiro atoms. The predicted molar refractivity (Wildman–Crippen MR) is 150 cm³/mol. The van der Waals surface area contributed by atoms with E-state index in [9.17, 15) is 4.79 Å². The normalized spacial score (nSPS) is 14.4. The molecule has 1 saturated heterocycles. The Bertz CT molecular complexity index is 1150. The van der Waals surface area contributed by atoms with Crippen LogP contribution in [0.1, 0.15) is 49.5 Å². The highest BCUT2D eigenvalue weighted by Crippen LogP contribution is 2.30. The first-order chi connectivity index (χ1) is 17.3. The second kappa shape index (κ2) is 11.6. The lowest BCUT2D eigenvalue weighted by molar-refractivity contribution is 0.102. The standard InChI is InChI=1S/C31H39N3O2/c1-22(2)21-33-16-18-34(19-17-33)27-12-10-26(11-13-27)32-31(35)29-15-14-28(36-5)20-30(29)25-8-6-24(7-9-25)23(3)4/h6-15,20,22-23H,16-19,21H2,1-5H3,(H,32,35). The van der Waals surface area contributed by atoms with Crippen LogP contribution < -0.4 is 15.0 Å².